The minimum Gasteiger partial charge on any atom is -0.376 e. The third-order valence-corrected chi connectivity index (χ3v) is 4.75. The maximum absolute atomic E-state index is 5.81. The molecule has 19 heavy (non-hydrogen) atoms. The van der Waals surface area contributed by atoms with Crippen LogP contribution in [0.25, 0.3) is 0 Å². The van der Waals surface area contributed by atoms with Crippen LogP contribution in [-0.4, -0.2) is 31.3 Å². The van der Waals surface area contributed by atoms with Crippen LogP contribution in [-0.2, 0) is 17.7 Å². The molecule has 2 heterocycles. The van der Waals surface area contributed by atoms with Crippen molar-refractivity contribution in [3.05, 3.63) is 10.6 Å². The van der Waals surface area contributed by atoms with Crippen molar-refractivity contribution in [1.82, 2.24) is 4.98 Å². The van der Waals surface area contributed by atoms with E-state index in [1.807, 2.05) is 0 Å². The average Bonchev–Trinajstić information content (AvgIpc) is 2.83. The number of likely N-dealkylation sites (N-methyl/N-ethyl adjacent to an activating group) is 1. The predicted molar refractivity (Wildman–Crippen MR) is 80.9 cm³/mol. The van der Waals surface area contributed by atoms with Gasteiger partial charge in [0.05, 0.1) is 11.8 Å². The Balaban J connectivity index is 1.99. The highest BCUT2D eigenvalue weighted by molar-refractivity contribution is 7.15. The van der Waals surface area contributed by atoms with E-state index in [0.29, 0.717) is 12.6 Å². The van der Waals surface area contributed by atoms with Crippen LogP contribution >= 0.6 is 11.3 Å². The van der Waals surface area contributed by atoms with Gasteiger partial charge in [0, 0.05) is 31.6 Å². The summed E-state index contributed by atoms with van der Waals surface area (Å²) in [4.78, 5) is 8.20. The zero-order valence-electron chi connectivity index (χ0n) is 12.0. The number of rotatable bonds is 6. The van der Waals surface area contributed by atoms with Crippen molar-refractivity contribution in [3.63, 3.8) is 0 Å². The lowest BCUT2D eigenvalue weighted by atomic mass is 10.1. The smallest absolute Gasteiger partial charge is 0.185 e. The molecule has 0 saturated carbocycles. The Morgan fingerprint density at radius 2 is 2.32 bits per heavy atom. The van der Waals surface area contributed by atoms with Gasteiger partial charge in [0.15, 0.2) is 5.13 Å². The highest BCUT2D eigenvalue weighted by Gasteiger charge is 2.19. The van der Waals surface area contributed by atoms with Gasteiger partial charge in [-0.3, -0.25) is 0 Å². The monoisotopic (exact) mass is 283 g/mol. The second kappa shape index (κ2) is 7.22. The van der Waals surface area contributed by atoms with Crippen LogP contribution in [0.4, 0.5) is 5.13 Å². The molecule has 2 N–H and O–H groups in total. The Kier molecular flexibility index (Phi) is 5.60. The molecular weight excluding hydrogens is 258 g/mol. The summed E-state index contributed by atoms with van der Waals surface area (Å²) < 4.78 is 5.79. The fourth-order valence-electron chi connectivity index (χ4n) is 2.46. The Bertz CT molecular complexity index is 388. The van der Waals surface area contributed by atoms with Gasteiger partial charge in [-0.15, -0.1) is 11.3 Å². The van der Waals surface area contributed by atoms with Crippen LogP contribution in [0.2, 0.25) is 0 Å². The molecule has 5 heteroatoms. The van der Waals surface area contributed by atoms with Gasteiger partial charge in [-0.25, -0.2) is 4.98 Å². The van der Waals surface area contributed by atoms with E-state index in [2.05, 4.69) is 18.9 Å². The first kappa shape index (κ1) is 14.8. The second-order valence-corrected chi connectivity index (χ2v) is 6.25. The highest BCUT2D eigenvalue weighted by Crippen LogP contribution is 2.27. The number of thiazole rings is 1. The molecule has 0 radical (unpaired) electrons. The lowest BCUT2D eigenvalue weighted by molar-refractivity contribution is 0.0216. The molecule has 1 unspecified atom stereocenters. The van der Waals surface area contributed by atoms with Crippen LogP contribution in [0.1, 0.15) is 43.2 Å². The number of hydrogen-bond acceptors (Lipinski definition) is 5. The van der Waals surface area contributed by atoms with E-state index >= 15 is 0 Å². The van der Waals surface area contributed by atoms with Crippen LogP contribution in [0, 0.1) is 0 Å². The van der Waals surface area contributed by atoms with E-state index in [9.17, 15) is 0 Å². The van der Waals surface area contributed by atoms with E-state index in [4.69, 9.17) is 15.5 Å². The number of anilines is 1. The number of nitrogens with two attached hydrogens (primary N) is 1. The number of hydrogen-bond donors (Lipinski definition) is 1. The van der Waals surface area contributed by atoms with Gasteiger partial charge in [0.2, 0.25) is 0 Å². The summed E-state index contributed by atoms with van der Waals surface area (Å²) in [5.74, 6) is 0. The molecule has 0 amide bonds. The summed E-state index contributed by atoms with van der Waals surface area (Å²) in [5.41, 5.74) is 6.99. The summed E-state index contributed by atoms with van der Waals surface area (Å²) in [7, 11) is 2.10. The third kappa shape index (κ3) is 3.91. The maximum Gasteiger partial charge on any atom is 0.185 e. The molecule has 2 rings (SSSR count). The summed E-state index contributed by atoms with van der Waals surface area (Å²) >= 11 is 1.73. The number of aromatic nitrogens is 1. The Hall–Kier alpha value is -0.650. The maximum atomic E-state index is 5.81. The first-order chi connectivity index (χ1) is 9.24. The molecule has 0 spiro atoms. The van der Waals surface area contributed by atoms with Crippen molar-refractivity contribution < 1.29 is 4.74 Å². The zero-order chi connectivity index (χ0) is 13.7. The van der Waals surface area contributed by atoms with Crippen molar-refractivity contribution in [3.8, 4) is 0 Å². The minimum absolute atomic E-state index is 0.360. The molecule has 0 aromatic carbocycles. The molecular formula is C14H25N3OS. The molecule has 108 valence electrons. The van der Waals surface area contributed by atoms with E-state index in [1.54, 1.807) is 11.3 Å². The Morgan fingerprint density at radius 1 is 1.47 bits per heavy atom. The summed E-state index contributed by atoms with van der Waals surface area (Å²) in [6.45, 7) is 4.62. The Morgan fingerprint density at radius 3 is 2.95 bits per heavy atom. The minimum atomic E-state index is 0.360. The standard InChI is InChI=1S/C14H25N3OS/c1-3-6-12-13(9-15)19-14(16-12)17(2)10-11-7-4-5-8-18-11/h11H,3-10,15H2,1-2H3. The first-order valence-corrected chi connectivity index (χ1v) is 8.07. The molecule has 1 aliphatic heterocycles. The fourth-order valence-corrected chi connectivity index (χ4v) is 3.41. The highest BCUT2D eigenvalue weighted by atomic mass is 32.1. The van der Waals surface area contributed by atoms with Gasteiger partial charge in [0.1, 0.15) is 0 Å². The largest absolute Gasteiger partial charge is 0.376 e. The molecule has 1 saturated heterocycles. The Labute approximate surface area is 120 Å². The van der Waals surface area contributed by atoms with Crippen LogP contribution in [0.3, 0.4) is 0 Å². The van der Waals surface area contributed by atoms with Gasteiger partial charge >= 0.3 is 0 Å². The lowest BCUT2D eigenvalue weighted by Gasteiger charge is -2.27. The molecule has 1 atom stereocenters. The summed E-state index contributed by atoms with van der Waals surface area (Å²) in [5, 5.41) is 1.08. The van der Waals surface area contributed by atoms with E-state index in [1.165, 1.54) is 29.8 Å². The molecule has 0 aliphatic carbocycles. The average molecular weight is 283 g/mol. The van der Waals surface area contributed by atoms with Gasteiger partial charge in [0.25, 0.3) is 0 Å². The van der Waals surface area contributed by atoms with Crippen molar-refractivity contribution in [2.45, 2.75) is 51.7 Å². The normalized spacial score (nSPS) is 19.6. The predicted octanol–water partition coefficient (Wildman–Crippen LogP) is 2.56. The molecule has 4 nitrogen and oxygen atoms in total. The van der Waals surface area contributed by atoms with E-state index in [-0.39, 0.29) is 0 Å². The van der Waals surface area contributed by atoms with Gasteiger partial charge < -0.3 is 15.4 Å². The van der Waals surface area contributed by atoms with Crippen LogP contribution in [0.15, 0.2) is 0 Å². The molecule has 1 aromatic heterocycles. The number of aryl methyl sites for hydroxylation is 1. The van der Waals surface area contributed by atoms with Crippen molar-refractivity contribution in [2.24, 2.45) is 5.73 Å². The van der Waals surface area contributed by atoms with Crippen molar-refractivity contribution >= 4 is 16.5 Å². The quantitative estimate of drug-likeness (QED) is 0.872. The fraction of sp³-hybridized carbons (Fsp3) is 0.786. The van der Waals surface area contributed by atoms with E-state index in [0.717, 1.165) is 31.1 Å². The van der Waals surface area contributed by atoms with Gasteiger partial charge in [-0.05, 0) is 25.7 Å². The topological polar surface area (TPSA) is 51.4 Å². The SMILES string of the molecule is CCCc1nc(N(C)CC2CCCCO2)sc1CN. The number of nitrogens with zero attached hydrogens (tertiary/aromatic N) is 2. The first-order valence-electron chi connectivity index (χ1n) is 7.26. The van der Waals surface area contributed by atoms with Crippen LogP contribution in [0.5, 0.6) is 0 Å². The van der Waals surface area contributed by atoms with Gasteiger partial charge in [-0.2, -0.15) is 0 Å². The van der Waals surface area contributed by atoms with Crippen LogP contribution < -0.4 is 10.6 Å². The third-order valence-electron chi connectivity index (χ3n) is 3.52. The van der Waals surface area contributed by atoms with Crippen molar-refractivity contribution in [1.29, 1.82) is 0 Å². The molecule has 1 aromatic rings. The zero-order valence-corrected chi connectivity index (χ0v) is 12.8. The van der Waals surface area contributed by atoms with Gasteiger partial charge in [-0.1, -0.05) is 13.3 Å². The molecule has 1 aliphatic rings. The summed E-state index contributed by atoms with van der Waals surface area (Å²) in [6.07, 6.45) is 6.16. The molecule has 1 fully saturated rings. The summed E-state index contributed by atoms with van der Waals surface area (Å²) in [6, 6.07) is 0. The lowest BCUT2D eigenvalue weighted by Crippen LogP contribution is -2.33. The van der Waals surface area contributed by atoms with E-state index < -0.39 is 0 Å². The van der Waals surface area contributed by atoms with Crippen molar-refractivity contribution in [2.75, 3.05) is 25.1 Å². The second-order valence-electron chi connectivity index (χ2n) is 5.19. The number of ether oxygens (including phenoxy) is 1. The molecule has 0 bridgehead atoms.